The van der Waals surface area contributed by atoms with Crippen LogP contribution in [0, 0.1) is 0 Å². The lowest BCUT2D eigenvalue weighted by molar-refractivity contribution is 0.529. The molecule has 0 bridgehead atoms. The maximum Gasteiger partial charge on any atom is 0.205 e. The van der Waals surface area contributed by atoms with Crippen molar-refractivity contribution in [1.29, 1.82) is 0 Å². The van der Waals surface area contributed by atoms with E-state index in [9.17, 15) is 0 Å². The molecule has 4 aromatic rings. The Morgan fingerprint density at radius 1 is 1.14 bits per heavy atom. The minimum absolute atomic E-state index is 0.534. The molecular formula is C20H16ClN5OS. The number of pyridine rings is 1. The molecule has 0 radical (unpaired) electrons. The minimum atomic E-state index is 0.534. The van der Waals surface area contributed by atoms with Crippen LogP contribution >= 0.6 is 23.4 Å². The van der Waals surface area contributed by atoms with Crippen LogP contribution < -0.4 is 0 Å². The summed E-state index contributed by atoms with van der Waals surface area (Å²) in [6.07, 6.45) is 7.00. The van der Waals surface area contributed by atoms with E-state index in [0.717, 1.165) is 22.1 Å². The Morgan fingerprint density at radius 2 is 2.00 bits per heavy atom. The monoisotopic (exact) mass is 409 g/mol. The zero-order chi connectivity index (χ0) is 19.3. The number of hydrogen-bond acceptors (Lipinski definition) is 6. The molecule has 6 nitrogen and oxygen atoms in total. The van der Waals surface area contributed by atoms with Gasteiger partial charge in [-0.3, -0.25) is 9.55 Å². The average molecular weight is 410 g/mol. The first-order valence-electron chi connectivity index (χ1n) is 8.52. The van der Waals surface area contributed by atoms with Gasteiger partial charge in [0.2, 0.25) is 5.89 Å². The summed E-state index contributed by atoms with van der Waals surface area (Å²) in [6.45, 7) is 4.44. The van der Waals surface area contributed by atoms with Gasteiger partial charge in [0.25, 0.3) is 0 Å². The maximum atomic E-state index is 6.05. The number of benzene rings is 1. The summed E-state index contributed by atoms with van der Waals surface area (Å²) in [5.74, 6) is 2.60. The van der Waals surface area contributed by atoms with Gasteiger partial charge in [-0.25, -0.2) is 4.98 Å². The van der Waals surface area contributed by atoms with Crippen LogP contribution in [-0.4, -0.2) is 24.7 Å². The summed E-state index contributed by atoms with van der Waals surface area (Å²) >= 11 is 7.56. The van der Waals surface area contributed by atoms with Gasteiger partial charge in [-0.05, 0) is 24.3 Å². The quantitative estimate of drug-likeness (QED) is 0.311. The summed E-state index contributed by atoms with van der Waals surface area (Å²) in [4.78, 5) is 8.41. The van der Waals surface area contributed by atoms with Gasteiger partial charge < -0.3 is 4.42 Å². The molecule has 3 aromatic heterocycles. The van der Waals surface area contributed by atoms with E-state index in [1.807, 2.05) is 47.0 Å². The topological polar surface area (TPSA) is 69.6 Å². The first-order chi connectivity index (χ1) is 13.7. The van der Waals surface area contributed by atoms with Crippen molar-refractivity contribution in [3.63, 3.8) is 0 Å². The van der Waals surface area contributed by atoms with Crippen molar-refractivity contribution in [1.82, 2.24) is 24.7 Å². The number of thioether (sulfide) groups is 1. The summed E-state index contributed by atoms with van der Waals surface area (Å²) in [7, 11) is 0. The zero-order valence-electron chi connectivity index (χ0n) is 14.8. The highest BCUT2D eigenvalue weighted by molar-refractivity contribution is 7.98. The van der Waals surface area contributed by atoms with Crippen LogP contribution in [0.1, 0.15) is 5.89 Å². The fourth-order valence-electron chi connectivity index (χ4n) is 2.68. The molecule has 0 aliphatic carbocycles. The Bertz CT molecular complexity index is 1090. The Balaban J connectivity index is 1.53. The smallest absolute Gasteiger partial charge is 0.205 e. The van der Waals surface area contributed by atoms with Gasteiger partial charge in [-0.15, -0.1) is 16.8 Å². The van der Waals surface area contributed by atoms with Crippen LogP contribution in [0.15, 0.2) is 77.2 Å². The molecule has 0 atom stereocenters. The van der Waals surface area contributed by atoms with Crippen molar-refractivity contribution >= 4 is 23.4 Å². The third-order valence-corrected chi connectivity index (χ3v) is 5.14. The van der Waals surface area contributed by atoms with Crippen molar-refractivity contribution < 1.29 is 4.42 Å². The second kappa shape index (κ2) is 8.41. The lowest BCUT2D eigenvalue weighted by Crippen LogP contribution is -2.00. The van der Waals surface area contributed by atoms with Crippen LogP contribution in [0.4, 0.5) is 0 Å². The molecule has 4 rings (SSSR count). The van der Waals surface area contributed by atoms with Gasteiger partial charge >= 0.3 is 0 Å². The molecule has 0 saturated carbocycles. The summed E-state index contributed by atoms with van der Waals surface area (Å²) in [6, 6.07) is 11.3. The van der Waals surface area contributed by atoms with Crippen LogP contribution in [0.3, 0.4) is 0 Å². The van der Waals surface area contributed by atoms with E-state index in [4.69, 9.17) is 16.0 Å². The molecule has 0 N–H and O–H groups in total. The molecule has 0 spiro atoms. The molecule has 140 valence electrons. The van der Waals surface area contributed by atoms with Crippen molar-refractivity contribution in [3.05, 3.63) is 78.6 Å². The number of rotatable bonds is 7. The van der Waals surface area contributed by atoms with Crippen molar-refractivity contribution in [2.24, 2.45) is 0 Å². The van der Waals surface area contributed by atoms with Gasteiger partial charge in [-0.1, -0.05) is 41.6 Å². The number of allylic oxidation sites excluding steroid dienone is 1. The summed E-state index contributed by atoms with van der Waals surface area (Å²) in [5, 5.41) is 10.1. The molecule has 28 heavy (non-hydrogen) atoms. The lowest BCUT2D eigenvalue weighted by Gasteiger charge is -2.06. The van der Waals surface area contributed by atoms with E-state index < -0.39 is 0 Å². The van der Waals surface area contributed by atoms with E-state index in [0.29, 0.717) is 29.0 Å². The molecule has 8 heteroatoms. The number of oxazole rings is 1. The fraction of sp³-hybridized carbons (Fsp3) is 0.100. The number of hydrogen-bond donors (Lipinski definition) is 0. The average Bonchev–Trinajstić information content (AvgIpc) is 3.35. The molecular weight excluding hydrogens is 394 g/mol. The Morgan fingerprint density at radius 3 is 2.79 bits per heavy atom. The summed E-state index contributed by atoms with van der Waals surface area (Å²) < 4.78 is 7.87. The zero-order valence-corrected chi connectivity index (χ0v) is 16.4. The van der Waals surface area contributed by atoms with Crippen LogP contribution in [-0.2, 0) is 12.3 Å². The second-order valence-electron chi connectivity index (χ2n) is 5.86. The van der Waals surface area contributed by atoms with Gasteiger partial charge in [0.15, 0.2) is 16.7 Å². The molecule has 3 heterocycles. The van der Waals surface area contributed by atoms with E-state index in [2.05, 4.69) is 26.7 Å². The van der Waals surface area contributed by atoms with Crippen LogP contribution in [0.25, 0.3) is 22.7 Å². The standard InChI is InChI=1S/C20H16ClN5OS/c1-2-10-26-19(14-6-8-22-9-7-14)24-25-20(26)28-13-18-23-12-17(27-18)15-4-3-5-16(21)11-15/h2-9,11-12H,1,10,13H2. The number of halogens is 1. The largest absolute Gasteiger partial charge is 0.440 e. The van der Waals surface area contributed by atoms with Gasteiger partial charge in [0.1, 0.15) is 0 Å². The number of aromatic nitrogens is 5. The highest BCUT2D eigenvalue weighted by Gasteiger charge is 2.15. The Hall–Kier alpha value is -2.90. The highest BCUT2D eigenvalue weighted by Crippen LogP contribution is 2.28. The first kappa shape index (κ1) is 18.5. The lowest BCUT2D eigenvalue weighted by atomic mass is 10.2. The third kappa shape index (κ3) is 4.00. The Labute approximate surface area is 171 Å². The fourth-order valence-corrected chi connectivity index (χ4v) is 3.67. The SMILES string of the molecule is C=CCn1c(SCc2ncc(-c3cccc(Cl)c3)o2)nnc1-c1ccncc1. The van der Waals surface area contributed by atoms with E-state index in [1.165, 1.54) is 11.8 Å². The number of nitrogens with zero attached hydrogens (tertiary/aromatic N) is 5. The van der Waals surface area contributed by atoms with Gasteiger partial charge in [-0.2, -0.15) is 0 Å². The maximum absolute atomic E-state index is 6.05. The predicted molar refractivity (Wildman–Crippen MR) is 110 cm³/mol. The van der Waals surface area contributed by atoms with Crippen molar-refractivity contribution in [2.45, 2.75) is 17.5 Å². The molecule has 0 fully saturated rings. The molecule has 1 aromatic carbocycles. The van der Waals surface area contributed by atoms with E-state index >= 15 is 0 Å². The van der Waals surface area contributed by atoms with E-state index in [1.54, 1.807) is 18.6 Å². The van der Waals surface area contributed by atoms with Crippen molar-refractivity contribution in [3.8, 4) is 22.7 Å². The second-order valence-corrected chi connectivity index (χ2v) is 7.24. The van der Waals surface area contributed by atoms with Crippen LogP contribution in [0.2, 0.25) is 5.02 Å². The van der Waals surface area contributed by atoms with Crippen molar-refractivity contribution in [2.75, 3.05) is 0 Å². The third-order valence-electron chi connectivity index (χ3n) is 3.95. The predicted octanol–water partition coefficient (Wildman–Crippen LogP) is 5.13. The molecule has 0 aliphatic rings. The van der Waals surface area contributed by atoms with Gasteiger partial charge in [0, 0.05) is 35.1 Å². The molecule has 0 unspecified atom stereocenters. The first-order valence-corrected chi connectivity index (χ1v) is 9.89. The minimum Gasteiger partial charge on any atom is -0.440 e. The molecule has 0 amide bonds. The van der Waals surface area contributed by atoms with Gasteiger partial charge in [0.05, 0.1) is 11.9 Å². The van der Waals surface area contributed by atoms with E-state index in [-0.39, 0.29) is 0 Å². The van der Waals surface area contributed by atoms with Crippen LogP contribution in [0.5, 0.6) is 0 Å². The normalized spacial score (nSPS) is 10.9. The molecule has 0 saturated heterocycles. The Kier molecular flexibility index (Phi) is 5.55. The highest BCUT2D eigenvalue weighted by atomic mass is 35.5. The summed E-state index contributed by atoms with van der Waals surface area (Å²) in [5.41, 5.74) is 1.85. The molecule has 0 aliphatic heterocycles.